The van der Waals surface area contributed by atoms with Crippen LogP contribution in [-0.4, -0.2) is 45.2 Å². The second kappa shape index (κ2) is 8.68. The number of piperazine rings is 1. The number of hydrogen-bond donors (Lipinski definition) is 3. The molecule has 27 heavy (non-hydrogen) atoms. The SMILES string of the molecule is CNC(=O)NC(=O)[C@@H](c1ccccc1)[NH+]1CCN(c2ccccc2C)CC1. The van der Waals surface area contributed by atoms with Crippen molar-refractivity contribution in [3.63, 3.8) is 0 Å². The van der Waals surface area contributed by atoms with E-state index in [-0.39, 0.29) is 5.91 Å². The molecule has 1 fully saturated rings. The van der Waals surface area contributed by atoms with Crippen LogP contribution in [0.5, 0.6) is 0 Å². The van der Waals surface area contributed by atoms with E-state index in [1.54, 1.807) is 0 Å². The summed E-state index contributed by atoms with van der Waals surface area (Å²) in [6.45, 7) is 5.52. The second-order valence-electron chi connectivity index (χ2n) is 6.84. The summed E-state index contributed by atoms with van der Waals surface area (Å²) in [5, 5.41) is 4.91. The molecule has 1 heterocycles. The van der Waals surface area contributed by atoms with E-state index in [1.165, 1.54) is 23.2 Å². The highest BCUT2D eigenvalue weighted by atomic mass is 16.2. The number of nitrogens with zero attached hydrogens (tertiary/aromatic N) is 1. The zero-order chi connectivity index (χ0) is 19.2. The number of para-hydroxylation sites is 1. The molecule has 3 amide bonds. The van der Waals surface area contributed by atoms with Gasteiger partial charge in [-0.2, -0.15) is 0 Å². The Hall–Kier alpha value is -2.86. The van der Waals surface area contributed by atoms with E-state index < -0.39 is 12.1 Å². The average molecular weight is 367 g/mol. The summed E-state index contributed by atoms with van der Waals surface area (Å²) in [5.74, 6) is -0.264. The lowest BCUT2D eigenvalue weighted by molar-refractivity contribution is -0.922. The minimum atomic E-state index is -0.473. The lowest BCUT2D eigenvalue weighted by Gasteiger charge is -2.37. The van der Waals surface area contributed by atoms with Gasteiger partial charge in [0, 0.05) is 18.3 Å². The van der Waals surface area contributed by atoms with Crippen molar-refractivity contribution in [2.24, 2.45) is 0 Å². The normalized spacial score (nSPS) is 15.9. The molecule has 1 atom stereocenters. The number of amides is 3. The van der Waals surface area contributed by atoms with Crippen LogP contribution in [-0.2, 0) is 4.79 Å². The quantitative estimate of drug-likeness (QED) is 0.752. The molecule has 3 N–H and O–H groups in total. The van der Waals surface area contributed by atoms with Crippen LogP contribution < -0.4 is 20.4 Å². The molecular formula is C21H27N4O2+. The van der Waals surface area contributed by atoms with Crippen LogP contribution in [0.4, 0.5) is 10.5 Å². The molecule has 3 rings (SSSR count). The van der Waals surface area contributed by atoms with Gasteiger partial charge in [-0.05, 0) is 18.6 Å². The Balaban J connectivity index is 1.75. The van der Waals surface area contributed by atoms with Gasteiger partial charge in [-0.15, -0.1) is 0 Å². The van der Waals surface area contributed by atoms with E-state index in [2.05, 4.69) is 46.7 Å². The molecule has 1 aliphatic rings. The molecule has 0 bridgehead atoms. The topological polar surface area (TPSA) is 65.9 Å². The Kier molecular flexibility index (Phi) is 6.08. The second-order valence-corrected chi connectivity index (χ2v) is 6.84. The van der Waals surface area contributed by atoms with E-state index in [0.29, 0.717) is 0 Å². The van der Waals surface area contributed by atoms with Crippen molar-refractivity contribution in [1.82, 2.24) is 10.6 Å². The third-order valence-corrected chi connectivity index (χ3v) is 5.13. The van der Waals surface area contributed by atoms with Gasteiger partial charge in [0.2, 0.25) is 0 Å². The smallest absolute Gasteiger partial charge is 0.321 e. The Morgan fingerprint density at radius 3 is 2.26 bits per heavy atom. The number of carbonyl (C=O) groups is 2. The van der Waals surface area contributed by atoms with Gasteiger partial charge in [-0.3, -0.25) is 10.1 Å². The Morgan fingerprint density at radius 2 is 1.63 bits per heavy atom. The van der Waals surface area contributed by atoms with Gasteiger partial charge >= 0.3 is 6.03 Å². The molecule has 2 aromatic rings. The number of quaternary nitrogens is 1. The highest BCUT2D eigenvalue weighted by molar-refractivity contribution is 5.96. The molecule has 0 aromatic heterocycles. The van der Waals surface area contributed by atoms with Crippen molar-refractivity contribution in [2.45, 2.75) is 13.0 Å². The zero-order valence-corrected chi connectivity index (χ0v) is 15.9. The van der Waals surface area contributed by atoms with Crippen LogP contribution in [0.1, 0.15) is 17.2 Å². The van der Waals surface area contributed by atoms with Crippen molar-refractivity contribution < 1.29 is 14.5 Å². The molecule has 0 radical (unpaired) electrons. The molecule has 0 saturated carbocycles. The summed E-state index contributed by atoms with van der Waals surface area (Å²) in [6.07, 6.45) is 0. The number of aryl methyl sites for hydroxylation is 1. The largest absolute Gasteiger partial charge is 0.360 e. The molecule has 6 heteroatoms. The first-order valence-corrected chi connectivity index (χ1v) is 9.33. The highest BCUT2D eigenvalue weighted by Gasteiger charge is 2.35. The molecule has 6 nitrogen and oxygen atoms in total. The number of carbonyl (C=O) groups excluding carboxylic acids is 2. The Bertz CT molecular complexity index is 786. The Labute approximate surface area is 160 Å². The van der Waals surface area contributed by atoms with Crippen molar-refractivity contribution >= 4 is 17.6 Å². The third-order valence-electron chi connectivity index (χ3n) is 5.13. The molecule has 1 saturated heterocycles. The van der Waals surface area contributed by atoms with Gasteiger partial charge in [-0.25, -0.2) is 4.79 Å². The van der Waals surface area contributed by atoms with Crippen LogP contribution in [0.3, 0.4) is 0 Å². The molecule has 0 aliphatic carbocycles. The summed E-state index contributed by atoms with van der Waals surface area (Å²) in [4.78, 5) is 28.0. The number of hydrogen-bond acceptors (Lipinski definition) is 3. The minimum Gasteiger partial charge on any atom is -0.360 e. The first kappa shape index (κ1) is 18.9. The first-order valence-electron chi connectivity index (χ1n) is 9.33. The average Bonchev–Trinajstić information content (AvgIpc) is 2.70. The van der Waals surface area contributed by atoms with Crippen molar-refractivity contribution in [2.75, 3.05) is 38.1 Å². The maximum atomic E-state index is 12.8. The van der Waals surface area contributed by atoms with Gasteiger partial charge in [0.15, 0.2) is 6.04 Å². The highest BCUT2D eigenvalue weighted by Crippen LogP contribution is 2.19. The van der Waals surface area contributed by atoms with E-state index in [1.807, 2.05) is 30.3 Å². The number of nitrogens with one attached hydrogen (secondary N) is 3. The van der Waals surface area contributed by atoms with Crippen LogP contribution >= 0.6 is 0 Å². The fourth-order valence-electron chi connectivity index (χ4n) is 3.71. The summed E-state index contributed by atoms with van der Waals surface area (Å²) >= 11 is 0. The fraction of sp³-hybridized carbons (Fsp3) is 0.333. The fourth-order valence-corrected chi connectivity index (χ4v) is 3.71. The number of benzene rings is 2. The maximum Gasteiger partial charge on any atom is 0.321 e. The van der Waals surface area contributed by atoms with Gasteiger partial charge < -0.3 is 15.1 Å². The van der Waals surface area contributed by atoms with E-state index >= 15 is 0 Å². The minimum absolute atomic E-state index is 0.264. The monoisotopic (exact) mass is 367 g/mol. The predicted molar refractivity (Wildman–Crippen MR) is 106 cm³/mol. The number of urea groups is 1. The first-order chi connectivity index (χ1) is 13.1. The summed E-state index contributed by atoms with van der Waals surface area (Å²) < 4.78 is 0. The zero-order valence-electron chi connectivity index (χ0n) is 15.9. The van der Waals surface area contributed by atoms with Gasteiger partial charge in [0.25, 0.3) is 5.91 Å². The number of anilines is 1. The molecule has 0 unspecified atom stereocenters. The van der Waals surface area contributed by atoms with E-state index in [4.69, 9.17) is 0 Å². The van der Waals surface area contributed by atoms with Crippen molar-refractivity contribution in [1.29, 1.82) is 0 Å². The van der Waals surface area contributed by atoms with Crippen LogP contribution in [0.15, 0.2) is 54.6 Å². The molecule has 2 aromatic carbocycles. The third kappa shape index (κ3) is 4.46. The van der Waals surface area contributed by atoms with Gasteiger partial charge in [-0.1, -0.05) is 48.5 Å². The Morgan fingerprint density at radius 1 is 1.00 bits per heavy atom. The van der Waals surface area contributed by atoms with E-state index in [9.17, 15) is 9.59 Å². The van der Waals surface area contributed by atoms with Gasteiger partial charge in [0.1, 0.15) is 0 Å². The van der Waals surface area contributed by atoms with E-state index in [0.717, 1.165) is 31.7 Å². The lowest BCUT2D eigenvalue weighted by Crippen LogP contribution is -3.16. The molecule has 0 spiro atoms. The summed E-state index contributed by atoms with van der Waals surface area (Å²) in [6, 6.07) is 17.2. The maximum absolute atomic E-state index is 12.8. The number of rotatable bonds is 4. The molecular weight excluding hydrogens is 340 g/mol. The lowest BCUT2D eigenvalue weighted by atomic mass is 10.0. The van der Waals surface area contributed by atoms with Crippen LogP contribution in [0.2, 0.25) is 0 Å². The molecule has 142 valence electrons. The number of imide groups is 1. The summed E-state index contributed by atoms with van der Waals surface area (Å²) in [7, 11) is 1.51. The van der Waals surface area contributed by atoms with Crippen LogP contribution in [0.25, 0.3) is 0 Å². The van der Waals surface area contributed by atoms with Crippen LogP contribution in [0, 0.1) is 6.92 Å². The predicted octanol–water partition coefficient (Wildman–Crippen LogP) is 0.897. The van der Waals surface area contributed by atoms with Gasteiger partial charge in [0.05, 0.1) is 26.2 Å². The summed E-state index contributed by atoms with van der Waals surface area (Å²) in [5.41, 5.74) is 3.44. The standard InChI is InChI=1S/C21H26N4O2/c1-16-8-6-7-11-18(16)24-12-14-25(15-13-24)19(17-9-4-3-5-10-17)20(26)23-21(27)22-2/h3-11,19H,12-15H2,1-2H3,(H2,22,23,26,27)/p+1/t19-/m1/s1. The van der Waals surface area contributed by atoms with Crippen molar-refractivity contribution in [3.8, 4) is 0 Å². The molecule has 1 aliphatic heterocycles. The van der Waals surface area contributed by atoms with Crippen molar-refractivity contribution in [3.05, 3.63) is 65.7 Å².